The molecule has 2 atom stereocenters. The number of halogens is 1. The molecular formula is C16H26FNO. The Morgan fingerprint density at radius 1 is 1.21 bits per heavy atom. The number of hydrogen-bond acceptors (Lipinski definition) is 2. The van der Waals surface area contributed by atoms with Crippen molar-refractivity contribution in [3.63, 3.8) is 0 Å². The number of unbranched alkanes of at least 4 members (excludes halogenated alkanes) is 3. The van der Waals surface area contributed by atoms with E-state index in [0.717, 1.165) is 12.8 Å². The van der Waals surface area contributed by atoms with Gasteiger partial charge in [-0.1, -0.05) is 32.3 Å². The van der Waals surface area contributed by atoms with E-state index in [-0.39, 0.29) is 18.0 Å². The maximum Gasteiger partial charge on any atom is 0.131 e. The van der Waals surface area contributed by atoms with E-state index in [1.807, 2.05) is 6.92 Å². The summed E-state index contributed by atoms with van der Waals surface area (Å²) in [6.07, 6.45) is 5.96. The molecule has 1 rings (SSSR count). The van der Waals surface area contributed by atoms with Gasteiger partial charge in [-0.3, -0.25) is 0 Å². The van der Waals surface area contributed by atoms with Gasteiger partial charge in [0, 0.05) is 11.6 Å². The fourth-order valence-electron chi connectivity index (χ4n) is 2.20. The molecule has 2 nitrogen and oxygen atoms in total. The Labute approximate surface area is 116 Å². The average Bonchev–Trinajstić information content (AvgIpc) is 2.34. The second-order valence-corrected chi connectivity index (χ2v) is 5.22. The largest absolute Gasteiger partial charge is 0.490 e. The lowest BCUT2D eigenvalue weighted by atomic mass is 10.1. The van der Waals surface area contributed by atoms with E-state index in [2.05, 4.69) is 6.92 Å². The van der Waals surface area contributed by atoms with Crippen LogP contribution in [0.5, 0.6) is 5.75 Å². The van der Waals surface area contributed by atoms with E-state index in [0.29, 0.717) is 11.3 Å². The van der Waals surface area contributed by atoms with Crippen LogP contribution in [0, 0.1) is 5.82 Å². The zero-order chi connectivity index (χ0) is 14.3. The summed E-state index contributed by atoms with van der Waals surface area (Å²) in [4.78, 5) is 0. The van der Waals surface area contributed by atoms with Crippen LogP contribution in [0.1, 0.15) is 64.5 Å². The summed E-state index contributed by atoms with van der Waals surface area (Å²) in [5.74, 6) is 0.295. The molecule has 19 heavy (non-hydrogen) atoms. The fourth-order valence-corrected chi connectivity index (χ4v) is 2.20. The number of ether oxygens (including phenoxy) is 1. The minimum absolute atomic E-state index is 0.0937. The topological polar surface area (TPSA) is 35.2 Å². The van der Waals surface area contributed by atoms with Crippen LogP contribution < -0.4 is 10.5 Å². The summed E-state index contributed by atoms with van der Waals surface area (Å²) < 4.78 is 19.6. The highest BCUT2D eigenvalue weighted by atomic mass is 19.1. The molecule has 2 N–H and O–H groups in total. The van der Waals surface area contributed by atoms with E-state index in [4.69, 9.17) is 10.5 Å². The van der Waals surface area contributed by atoms with Crippen LogP contribution in [0.25, 0.3) is 0 Å². The molecule has 0 spiro atoms. The monoisotopic (exact) mass is 267 g/mol. The highest BCUT2D eigenvalue weighted by molar-refractivity contribution is 5.36. The molecule has 0 amide bonds. The third-order valence-corrected chi connectivity index (χ3v) is 3.26. The molecule has 0 fully saturated rings. The van der Waals surface area contributed by atoms with Gasteiger partial charge in [-0.05, 0) is 38.8 Å². The van der Waals surface area contributed by atoms with Crippen molar-refractivity contribution in [3.05, 3.63) is 29.6 Å². The number of rotatable bonds is 8. The molecule has 108 valence electrons. The second kappa shape index (κ2) is 8.16. The summed E-state index contributed by atoms with van der Waals surface area (Å²) >= 11 is 0. The number of hydrogen-bond donors (Lipinski definition) is 1. The van der Waals surface area contributed by atoms with Crippen molar-refractivity contribution < 1.29 is 9.13 Å². The van der Waals surface area contributed by atoms with Gasteiger partial charge >= 0.3 is 0 Å². The van der Waals surface area contributed by atoms with E-state index in [1.54, 1.807) is 19.1 Å². The molecule has 0 aliphatic carbocycles. The van der Waals surface area contributed by atoms with Crippen LogP contribution in [0.15, 0.2) is 18.2 Å². The van der Waals surface area contributed by atoms with Crippen molar-refractivity contribution in [2.45, 2.75) is 65.0 Å². The molecule has 0 aliphatic rings. The van der Waals surface area contributed by atoms with Crippen LogP contribution in [-0.4, -0.2) is 6.10 Å². The SMILES string of the molecule is CCCCCCC(C)Oc1cccc(F)c1[C@H](C)N. The van der Waals surface area contributed by atoms with E-state index >= 15 is 0 Å². The molecule has 0 aliphatic heterocycles. The quantitative estimate of drug-likeness (QED) is 0.699. The lowest BCUT2D eigenvalue weighted by molar-refractivity contribution is 0.202. The Balaban J connectivity index is 2.58. The minimum atomic E-state index is -0.358. The summed E-state index contributed by atoms with van der Waals surface area (Å²) in [5, 5.41) is 0. The Bertz CT molecular complexity index is 379. The highest BCUT2D eigenvalue weighted by Crippen LogP contribution is 2.28. The summed E-state index contributed by atoms with van der Waals surface area (Å²) in [6, 6.07) is 4.53. The maximum atomic E-state index is 13.7. The summed E-state index contributed by atoms with van der Waals surface area (Å²) in [5.41, 5.74) is 6.29. The molecule has 0 saturated carbocycles. The van der Waals surface area contributed by atoms with Gasteiger partial charge in [0.25, 0.3) is 0 Å². The molecule has 0 radical (unpaired) electrons. The first-order valence-electron chi connectivity index (χ1n) is 7.26. The van der Waals surface area contributed by atoms with Crippen molar-refractivity contribution in [2.75, 3.05) is 0 Å². The average molecular weight is 267 g/mol. The Morgan fingerprint density at radius 3 is 2.58 bits per heavy atom. The molecule has 0 bridgehead atoms. The van der Waals surface area contributed by atoms with Crippen LogP contribution in [0.4, 0.5) is 4.39 Å². The highest BCUT2D eigenvalue weighted by Gasteiger charge is 2.15. The van der Waals surface area contributed by atoms with Gasteiger partial charge in [-0.15, -0.1) is 0 Å². The Hall–Kier alpha value is -1.09. The molecule has 1 aromatic carbocycles. The van der Waals surface area contributed by atoms with Gasteiger partial charge in [0.2, 0.25) is 0 Å². The van der Waals surface area contributed by atoms with Gasteiger partial charge in [0.15, 0.2) is 0 Å². The number of nitrogens with two attached hydrogens (primary N) is 1. The predicted octanol–water partition coefficient (Wildman–Crippen LogP) is 4.58. The first kappa shape index (κ1) is 16.0. The predicted molar refractivity (Wildman–Crippen MR) is 77.9 cm³/mol. The Kier molecular flexibility index (Phi) is 6.85. The van der Waals surface area contributed by atoms with Crippen molar-refractivity contribution in [2.24, 2.45) is 5.73 Å². The second-order valence-electron chi connectivity index (χ2n) is 5.22. The fraction of sp³-hybridized carbons (Fsp3) is 0.625. The van der Waals surface area contributed by atoms with Crippen molar-refractivity contribution in [1.29, 1.82) is 0 Å². The smallest absolute Gasteiger partial charge is 0.131 e. The molecule has 3 heteroatoms. The third-order valence-electron chi connectivity index (χ3n) is 3.26. The molecule has 0 heterocycles. The first-order chi connectivity index (χ1) is 9.06. The third kappa shape index (κ3) is 5.19. The minimum Gasteiger partial charge on any atom is -0.490 e. The molecule has 1 aromatic rings. The lowest BCUT2D eigenvalue weighted by Gasteiger charge is -2.19. The van der Waals surface area contributed by atoms with Crippen LogP contribution in [-0.2, 0) is 0 Å². The van der Waals surface area contributed by atoms with Gasteiger partial charge < -0.3 is 10.5 Å². The normalized spacial score (nSPS) is 14.2. The van der Waals surface area contributed by atoms with Gasteiger partial charge in [0.05, 0.1) is 6.10 Å². The van der Waals surface area contributed by atoms with Crippen molar-refractivity contribution >= 4 is 0 Å². The molecule has 1 unspecified atom stereocenters. The van der Waals surface area contributed by atoms with Gasteiger partial charge in [0.1, 0.15) is 11.6 Å². The summed E-state index contributed by atoms with van der Waals surface area (Å²) in [7, 11) is 0. The zero-order valence-corrected chi connectivity index (χ0v) is 12.3. The summed E-state index contributed by atoms with van der Waals surface area (Å²) in [6.45, 7) is 6.00. The first-order valence-corrected chi connectivity index (χ1v) is 7.26. The number of benzene rings is 1. The van der Waals surface area contributed by atoms with E-state index in [1.165, 1.54) is 25.3 Å². The van der Waals surface area contributed by atoms with E-state index < -0.39 is 0 Å². The van der Waals surface area contributed by atoms with Gasteiger partial charge in [-0.25, -0.2) is 4.39 Å². The molecule has 0 aromatic heterocycles. The van der Waals surface area contributed by atoms with Gasteiger partial charge in [-0.2, -0.15) is 0 Å². The maximum absolute atomic E-state index is 13.7. The van der Waals surface area contributed by atoms with Crippen molar-refractivity contribution in [3.8, 4) is 5.75 Å². The standard InChI is InChI=1S/C16H26FNO/c1-4-5-6-7-9-12(2)19-15-11-8-10-14(17)16(15)13(3)18/h8,10-13H,4-7,9,18H2,1-3H3/t12?,13-/m0/s1. The van der Waals surface area contributed by atoms with Crippen LogP contribution >= 0.6 is 0 Å². The van der Waals surface area contributed by atoms with Crippen LogP contribution in [0.3, 0.4) is 0 Å². The lowest BCUT2D eigenvalue weighted by Crippen LogP contribution is -2.16. The molecular weight excluding hydrogens is 241 g/mol. The van der Waals surface area contributed by atoms with E-state index in [9.17, 15) is 4.39 Å². The molecule has 0 saturated heterocycles. The Morgan fingerprint density at radius 2 is 1.95 bits per heavy atom. The van der Waals surface area contributed by atoms with Crippen molar-refractivity contribution in [1.82, 2.24) is 0 Å². The zero-order valence-electron chi connectivity index (χ0n) is 12.3. The van der Waals surface area contributed by atoms with Crippen LogP contribution in [0.2, 0.25) is 0 Å².